The first-order chi connectivity index (χ1) is 8.28. The van der Waals surface area contributed by atoms with Gasteiger partial charge in [0.05, 0.1) is 11.6 Å². The first-order valence-electron chi connectivity index (χ1n) is 5.26. The minimum Gasteiger partial charge on any atom is -0.381 e. The molecule has 0 aliphatic heterocycles. The predicted octanol–water partition coefficient (Wildman–Crippen LogP) is 3.77. The summed E-state index contributed by atoms with van der Waals surface area (Å²) in [6, 6.07) is 18.0. The molecule has 0 fully saturated rings. The third kappa shape index (κ3) is 3.46. The summed E-state index contributed by atoms with van der Waals surface area (Å²) in [5.41, 5.74) is 2.90. The van der Waals surface area contributed by atoms with Gasteiger partial charge in [0.1, 0.15) is 0 Å². The summed E-state index contributed by atoms with van der Waals surface area (Å²) in [6.45, 7) is 0.732. The van der Waals surface area contributed by atoms with Crippen LogP contribution in [0.15, 0.2) is 48.5 Å². The second kappa shape index (κ2) is 5.69. The molecule has 0 aliphatic carbocycles. The maximum atomic E-state index is 8.81. The Kier molecular flexibility index (Phi) is 3.99. The smallest absolute Gasteiger partial charge is 0.0991 e. The second-order valence-corrected chi connectivity index (χ2v) is 4.92. The van der Waals surface area contributed by atoms with E-state index >= 15 is 0 Å². The highest BCUT2D eigenvalue weighted by molar-refractivity contribution is 14.1. The molecule has 0 aromatic heterocycles. The summed E-state index contributed by atoms with van der Waals surface area (Å²) in [4.78, 5) is 0. The third-order valence-corrected chi connectivity index (χ3v) is 3.12. The number of anilines is 1. The van der Waals surface area contributed by atoms with Crippen molar-refractivity contribution in [3.05, 3.63) is 63.2 Å². The quantitative estimate of drug-likeness (QED) is 0.868. The zero-order valence-electron chi connectivity index (χ0n) is 9.15. The highest BCUT2D eigenvalue weighted by Gasteiger charge is 1.96. The molecule has 3 heteroatoms. The van der Waals surface area contributed by atoms with Crippen molar-refractivity contribution in [3.8, 4) is 6.07 Å². The van der Waals surface area contributed by atoms with Gasteiger partial charge in [0.2, 0.25) is 0 Å². The lowest BCUT2D eigenvalue weighted by Gasteiger charge is -2.06. The Bertz CT molecular complexity index is 541. The molecular formula is C14H11IN2. The molecule has 0 spiro atoms. The van der Waals surface area contributed by atoms with E-state index in [4.69, 9.17) is 5.26 Å². The maximum Gasteiger partial charge on any atom is 0.0991 e. The monoisotopic (exact) mass is 334 g/mol. The zero-order chi connectivity index (χ0) is 12.1. The van der Waals surface area contributed by atoms with E-state index in [2.05, 4.69) is 58.2 Å². The summed E-state index contributed by atoms with van der Waals surface area (Å²) in [6.07, 6.45) is 0. The lowest BCUT2D eigenvalue weighted by molar-refractivity contribution is 1.15. The zero-order valence-corrected chi connectivity index (χ0v) is 11.3. The Labute approximate surface area is 114 Å². The third-order valence-electron chi connectivity index (χ3n) is 2.40. The summed E-state index contributed by atoms with van der Waals surface area (Å²) in [7, 11) is 0. The molecule has 84 valence electrons. The average molecular weight is 334 g/mol. The van der Waals surface area contributed by atoms with Crippen LogP contribution in [0.4, 0.5) is 5.69 Å². The van der Waals surface area contributed by atoms with Gasteiger partial charge in [-0.3, -0.25) is 0 Å². The molecule has 1 N–H and O–H groups in total. The maximum absolute atomic E-state index is 8.81. The predicted molar refractivity (Wildman–Crippen MR) is 77.6 cm³/mol. The van der Waals surface area contributed by atoms with Gasteiger partial charge in [0, 0.05) is 15.8 Å². The van der Waals surface area contributed by atoms with E-state index in [1.54, 1.807) is 0 Å². The van der Waals surface area contributed by atoms with Crippen LogP contribution in [0.2, 0.25) is 0 Å². The Morgan fingerprint density at radius 2 is 1.88 bits per heavy atom. The number of rotatable bonds is 3. The molecule has 0 heterocycles. The van der Waals surface area contributed by atoms with E-state index in [-0.39, 0.29) is 0 Å². The number of hydrogen-bond acceptors (Lipinski definition) is 2. The van der Waals surface area contributed by atoms with E-state index in [0.717, 1.165) is 17.8 Å². The molecule has 2 aromatic carbocycles. The largest absolute Gasteiger partial charge is 0.381 e. The van der Waals surface area contributed by atoms with Crippen molar-refractivity contribution in [3.63, 3.8) is 0 Å². The fourth-order valence-electron chi connectivity index (χ4n) is 1.52. The van der Waals surface area contributed by atoms with Crippen molar-refractivity contribution in [2.24, 2.45) is 0 Å². The van der Waals surface area contributed by atoms with Crippen LogP contribution < -0.4 is 5.32 Å². The first kappa shape index (κ1) is 11.9. The number of benzene rings is 2. The van der Waals surface area contributed by atoms with Gasteiger partial charge in [0.25, 0.3) is 0 Å². The standard InChI is InChI=1S/C14H11IN2/c15-13-4-6-14(7-5-13)17-10-12-3-1-2-11(8-12)9-16/h1-8,17H,10H2. The molecule has 2 aromatic rings. The second-order valence-electron chi connectivity index (χ2n) is 3.67. The Morgan fingerprint density at radius 3 is 2.59 bits per heavy atom. The molecule has 0 saturated carbocycles. The van der Waals surface area contributed by atoms with Gasteiger partial charge < -0.3 is 5.32 Å². The van der Waals surface area contributed by atoms with Crippen LogP contribution in [0, 0.1) is 14.9 Å². The van der Waals surface area contributed by atoms with Crippen LogP contribution >= 0.6 is 22.6 Å². The average Bonchev–Trinajstić information content (AvgIpc) is 2.38. The van der Waals surface area contributed by atoms with Gasteiger partial charge >= 0.3 is 0 Å². The normalized spacial score (nSPS) is 9.65. The van der Waals surface area contributed by atoms with E-state index in [1.807, 2.05) is 24.3 Å². The van der Waals surface area contributed by atoms with Gasteiger partial charge in [-0.2, -0.15) is 5.26 Å². The minimum atomic E-state index is 0.701. The van der Waals surface area contributed by atoms with Gasteiger partial charge in [-0.15, -0.1) is 0 Å². The van der Waals surface area contributed by atoms with E-state index in [9.17, 15) is 0 Å². The highest BCUT2D eigenvalue weighted by Crippen LogP contribution is 2.13. The topological polar surface area (TPSA) is 35.8 Å². The molecule has 0 aliphatic rings. The fraction of sp³-hybridized carbons (Fsp3) is 0.0714. The molecule has 0 bridgehead atoms. The molecule has 2 nitrogen and oxygen atoms in total. The van der Waals surface area contributed by atoms with Gasteiger partial charge in [-0.25, -0.2) is 0 Å². The van der Waals surface area contributed by atoms with Crippen molar-refractivity contribution in [2.45, 2.75) is 6.54 Å². The molecule has 0 atom stereocenters. The SMILES string of the molecule is N#Cc1cccc(CNc2ccc(I)cc2)c1. The van der Waals surface area contributed by atoms with Crippen molar-refractivity contribution in [2.75, 3.05) is 5.32 Å². The summed E-state index contributed by atoms with van der Waals surface area (Å²) in [5, 5.41) is 12.1. The summed E-state index contributed by atoms with van der Waals surface area (Å²) >= 11 is 2.28. The first-order valence-corrected chi connectivity index (χ1v) is 6.34. The van der Waals surface area contributed by atoms with E-state index < -0.39 is 0 Å². The van der Waals surface area contributed by atoms with Gasteiger partial charge in [-0.1, -0.05) is 12.1 Å². The molecule has 17 heavy (non-hydrogen) atoms. The fourth-order valence-corrected chi connectivity index (χ4v) is 1.88. The Morgan fingerprint density at radius 1 is 1.12 bits per heavy atom. The number of hydrogen-bond donors (Lipinski definition) is 1. The van der Waals surface area contributed by atoms with Crippen LogP contribution in [-0.2, 0) is 6.54 Å². The van der Waals surface area contributed by atoms with E-state index in [1.165, 1.54) is 3.57 Å². The van der Waals surface area contributed by atoms with Crippen LogP contribution in [0.25, 0.3) is 0 Å². The van der Waals surface area contributed by atoms with Crippen molar-refractivity contribution in [1.29, 1.82) is 5.26 Å². The molecule has 0 radical (unpaired) electrons. The molecule has 2 rings (SSSR count). The summed E-state index contributed by atoms with van der Waals surface area (Å²) < 4.78 is 1.22. The van der Waals surface area contributed by atoms with Crippen molar-refractivity contribution in [1.82, 2.24) is 0 Å². The lowest BCUT2D eigenvalue weighted by atomic mass is 10.1. The van der Waals surface area contributed by atoms with Gasteiger partial charge in [-0.05, 0) is 64.6 Å². The highest BCUT2D eigenvalue weighted by atomic mass is 127. The van der Waals surface area contributed by atoms with Crippen LogP contribution in [0.3, 0.4) is 0 Å². The van der Waals surface area contributed by atoms with Crippen molar-refractivity contribution < 1.29 is 0 Å². The van der Waals surface area contributed by atoms with Gasteiger partial charge in [0.15, 0.2) is 0 Å². The number of nitriles is 1. The Balaban J connectivity index is 2.02. The van der Waals surface area contributed by atoms with Crippen molar-refractivity contribution >= 4 is 28.3 Å². The number of nitrogens with zero attached hydrogens (tertiary/aromatic N) is 1. The molecule has 0 unspecified atom stereocenters. The number of halogens is 1. The lowest BCUT2D eigenvalue weighted by Crippen LogP contribution is -1.99. The van der Waals surface area contributed by atoms with Crippen LogP contribution in [0.1, 0.15) is 11.1 Å². The minimum absolute atomic E-state index is 0.701. The molecule has 0 saturated heterocycles. The molecule has 0 amide bonds. The van der Waals surface area contributed by atoms with Crippen LogP contribution in [0.5, 0.6) is 0 Å². The number of nitrogens with one attached hydrogen (secondary N) is 1. The molecular weight excluding hydrogens is 323 g/mol. The van der Waals surface area contributed by atoms with Crippen LogP contribution in [-0.4, -0.2) is 0 Å². The van der Waals surface area contributed by atoms with E-state index in [0.29, 0.717) is 5.56 Å². The Hall–Kier alpha value is -1.54. The summed E-state index contributed by atoms with van der Waals surface area (Å²) in [5.74, 6) is 0.